The molecule has 3 aromatic heterocycles. The zero-order valence-corrected chi connectivity index (χ0v) is 22.6. The average Bonchev–Trinajstić information content (AvgIpc) is 3.45. The number of aryl methyl sites for hydroxylation is 1. The topological polar surface area (TPSA) is 105 Å². The summed E-state index contributed by atoms with van der Waals surface area (Å²) >= 11 is 1.56. The number of carbonyl (C=O) groups excluding carboxylic acids is 1. The maximum Gasteiger partial charge on any atom is 0.230 e. The van der Waals surface area contributed by atoms with E-state index in [0.29, 0.717) is 11.8 Å². The highest BCUT2D eigenvalue weighted by Crippen LogP contribution is 2.39. The van der Waals surface area contributed by atoms with Crippen LogP contribution in [-0.2, 0) is 9.36 Å². The van der Waals surface area contributed by atoms with Gasteiger partial charge in [0.25, 0.3) is 0 Å². The quantitative estimate of drug-likeness (QED) is 0.338. The van der Waals surface area contributed by atoms with Gasteiger partial charge in [-0.1, -0.05) is 12.1 Å². The molecule has 4 heterocycles. The maximum absolute atomic E-state index is 12.9. The number of aromatic nitrogens is 4. The Kier molecular flexibility index (Phi) is 6.57. The molecule has 0 atom stereocenters. The highest BCUT2D eigenvalue weighted by atomic mass is 32.1. The van der Waals surface area contributed by atoms with Gasteiger partial charge in [0.2, 0.25) is 11.9 Å². The van der Waals surface area contributed by atoms with E-state index in [1.807, 2.05) is 47.0 Å². The predicted octanol–water partition coefficient (Wildman–Crippen LogP) is 5.11. The normalized spacial score (nSPS) is 14.8. The number of piperidine rings is 1. The SMILES string of the molecule is CC(=O)N1CCC(n2cc(Nc3nc(Nc4ccccc4P(C)(C)=O)c4c(C)csc4n3)cn2)CC1. The molecule has 0 bridgehead atoms. The fourth-order valence-electron chi connectivity index (χ4n) is 4.58. The van der Waals surface area contributed by atoms with Crippen molar-refractivity contribution in [2.24, 2.45) is 0 Å². The smallest absolute Gasteiger partial charge is 0.230 e. The Labute approximate surface area is 214 Å². The number of nitrogens with zero attached hydrogens (tertiary/aromatic N) is 5. The number of thiophene rings is 1. The third kappa shape index (κ3) is 5.01. The second-order valence-electron chi connectivity index (χ2n) is 9.56. The molecule has 11 heteroatoms. The molecule has 188 valence electrons. The summed E-state index contributed by atoms with van der Waals surface area (Å²) in [6, 6.07) is 7.91. The zero-order chi connectivity index (χ0) is 25.4. The molecule has 1 fully saturated rings. The number of likely N-dealkylation sites (tertiary alicyclic amines) is 1. The lowest BCUT2D eigenvalue weighted by molar-refractivity contribution is -0.130. The van der Waals surface area contributed by atoms with Crippen molar-refractivity contribution in [3.05, 3.63) is 47.6 Å². The molecule has 0 spiro atoms. The average molecular weight is 524 g/mol. The van der Waals surface area contributed by atoms with Crippen LogP contribution in [0.4, 0.5) is 23.1 Å². The second kappa shape index (κ2) is 9.67. The number of amides is 1. The van der Waals surface area contributed by atoms with E-state index in [1.165, 1.54) is 0 Å². The number of nitrogens with one attached hydrogen (secondary N) is 2. The summed E-state index contributed by atoms with van der Waals surface area (Å²) in [4.78, 5) is 23.9. The molecule has 1 aliphatic rings. The van der Waals surface area contributed by atoms with Gasteiger partial charge in [-0.25, -0.2) is 4.98 Å². The van der Waals surface area contributed by atoms with Crippen molar-refractivity contribution < 1.29 is 9.36 Å². The standard InChI is InChI=1S/C25H30N7O2PS/c1-16-15-36-24-22(16)23(28-20-7-5-6-8-21(20)35(3,4)34)29-25(30-24)27-18-13-26-32(14-18)19-9-11-31(12-10-19)17(2)33/h5-8,13-15,19H,9-12H2,1-4H3,(H2,27,28,29,30). The number of anilines is 4. The number of fused-ring (bicyclic) bond motifs is 1. The minimum Gasteiger partial charge on any atom is -0.343 e. The lowest BCUT2D eigenvalue weighted by Crippen LogP contribution is -2.37. The molecule has 1 amide bonds. The Morgan fingerprint density at radius 1 is 1.14 bits per heavy atom. The van der Waals surface area contributed by atoms with Crippen LogP contribution in [0.5, 0.6) is 0 Å². The van der Waals surface area contributed by atoms with Crippen LogP contribution >= 0.6 is 18.5 Å². The molecule has 2 N–H and O–H groups in total. The van der Waals surface area contributed by atoms with Gasteiger partial charge in [0.05, 0.1) is 29.0 Å². The summed E-state index contributed by atoms with van der Waals surface area (Å²) in [5.74, 6) is 1.26. The van der Waals surface area contributed by atoms with Crippen LogP contribution in [0.2, 0.25) is 0 Å². The Bertz CT molecular complexity index is 1470. The molecule has 0 aliphatic carbocycles. The van der Waals surface area contributed by atoms with Gasteiger partial charge in [-0.2, -0.15) is 10.1 Å². The van der Waals surface area contributed by atoms with E-state index >= 15 is 0 Å². The lowest BCUT2D eigenvalue weighted by atomic mass is 10.1. The highest BCUT2D eigenvalue weighted by molar-refractivity contribution is 7.70. The Morgan fingerprint density at radius 2 is 1.89 bits per heavy atom. The van der Waals surface area contributed by atoms with Gasteiger partial charge in [0.15, 0.2) is 0 Å². The lowest BCUT2D eigenvalue weighted by Gasteiger charge is -2.31. The van der Waals surface area contributed by atoms with Crippen LogP contribution in [-0.4, -0.2) is 57.0 Å². The van der Waals surface area contributed by atoms with Crippen LogP contribution < -0.4 is 15.9 Å². The summed E-state index contributed by atoms with van der Waals surface area (Å²) in [6.45, 7) is 8.70. The van der Waals surface area contributed by atoms with E-state index in [9.17, 15) is 9.36 Å². The third-order valence-corrected chi connectivity index (χ3v) is 9.04. The van der Waals surface area contributed by atoms with Gasteiger partial charge >= 0.3 is 0 Å². The third-order valence-electron chi connectivity index (χ3n) is 6.50. The Balaban J connectivity index is 1.41. The molecule has 0 radical (unpaired) electrons. The first-order chi connectivity index (χ1) is 17.2. The molecule has 1 aliphatic heterocycles. The first kappa shape index (κ1) is 24.5. The molecule has 36 heavy (non-hydrogen) atoms. The molecular formula is C25H30N7O2PS. The predicted molar refractivity (Wildman–Crippen MR) is 147 cm³/mol. The Morgan fingerprint density at radius 3 is 2.61 bits per heavy atom. The second-order valence-corrected chi connectivity index (χ2v) is 13.6. The van der Waals surface area contributed by atoms with Gasteiger partial charge in [-0.05, 0) is 56.2 Å². The monoisotopic (exact) mass is 523 g/mol. The number of carbonyl (C=O) groups is 1. The zero-order valence-electron chi connectivity index (χ0n) is 20.9. The van der Waals surface area contributed by atoms with Crippen molar-refractivity contribution in [2.75, 3.05) is 37.1 Å². The van der Waals surface area contributed by atoms with Gasteiger partial charge < -0.3 is 20.1 Å². The number of benzene rings is 1. The van der Waals surface area contributed by atoms with Crippen LogP contribution in [0.1, 0.15) is 31.4 Å². The van der Waals surface area contributed by atoms with Crippen molar-refractivity contribution >= 4 is 63.0 Å². The van der Waals surface area contributed by atoms with E-state index < -0.39 is 7.14 Å². The molecule has 1 saturated heterocycles. The van der Waals surface area contributed by atoms with Gasteiger partial charge in [0, 0.05) is 31.5 Å². The highest BCUT2D eigenvalue weighted by Gasteiger charge is 2.23. The van der Waals surface area contributed by atoms with E-state index in [4.69, 9.17) is 9.97 Å². The molecule has 9 nitrogen and oxygen atoms in total. The van der Waals surface area contributed by atoms with Crippen LogP contribution in [0.25, 0.3) is 10.2 Å². The first-order valence-electron chi connectivity index (χ1n) is 11.9. The number of para-hydroxylation sites is 1. The molecule has 1 aromatic carbocycles. The minimum atomic E-state index is -2.49. The fraction of sp³-hybridized carbons (Fsp3) is 0.360. The van der Waals surface area contributed by atoms with Crippen molar-refractivity contribution in [1.29, 1.82) is 0 Å². The molecular weight excluding hydrogens is 493 g/mol. The summed E-state index contributed by atoms with van der Waals surface area (Å²) in [5.41, 5.74) is 2.67. The summed E-state index contributed by atoms with van der Waals surface area (Å²) in [6.07, 6.45) is 5.50. The summed E-state index contributed by atoms with van der Waals surface area (Å²) in [7, 11) is -2.49. The molecule has 5 rings (SSSR count). The molecule has 0 unspecified atom stereocenters. The van der Waals surface area contributed by atoms with E-state index in [2.05, 4.69) is 21.1 Å². The Hall–Kier alpha value is -3.23. The van der Waals surface area contributed by atoms with Crippen molar-refractivity contribution in [1.82, 2.24) is 24.6 Å². The van der Waals surface area contributed by atoms with Crippen LogP contribution in [0, 0.1) is 6.92 Å². The van der Waals surface area contributed by atoms with Gasteiger partial charge in [-0.3, -0.25) is 9.48 Å². The van der Waals surface area contributed by atoms with Gasteiger partial charge in [-0.15, -0.1) is 11.3 Å². The number of hydrogen-bond acceptors (Lipinski definition) is 8. The van der Waals surface area contributed by atoms with Gasteiger partial charge in [0.1, 0.15) is 17.8 Å². The fourth-order valence-corrected chi connectivity index (χ4v) is 6.66. The first-order valence-corrected chi connectivity index (χ1v) is 15.4. The molecule has 0 saturated carbocycles. The number of rotatable bonds is 6. The largest absolute Gasteiger partial charge is 0.343 e. The van der Waals surface area contributed by atoms with E-state index in [-0.39, 0.29) is 11.9 Å². The minimum absolute atomic E-state index is 0.125. The van der Waals surface area contributed by atoms with E-state index in [1.54, 1.807) is 37.8 Å². The number of hydrogen-bond donors (Lipinski definition) is 2. The summed E-state index contributed by atoms with van der Waals surface area (Å²) in [5, 5.41) is 15.1. The maximum atomic E-state index is 12.9. The van der Waals surface area contributed by atoms with Crippen LogP contribution in [0.3, 0.4) is 0 Å². The molecule has 4 aromatic rings. The van der Waals surface area contributed by atoms with Crippen molar-refractivity contribution in [3.63, 3.8) is 0 Å². The van der Waals surface area contributed by atoms with Crippen molar-refractivity contribution in [3.8, 4) is 0 Å². The van der Waals surface area contributed by atoms with Crippen LogP contribution in [0.15, 0.2) is 42.0 Å². The van der Waals surface area contributed by atoms with Crippen molar-refractivity contribution in [2.45, 2.75) is 32.7 Å². The van der Waals surface area contributed by atoms with E-state index in [0.717, 1.165) is 58.4 Å². The summed E-state index contributed by atoms with van der Waals surface area (Å²) < 4.78 is 14.8.